The molecule has 2 aromatic rings. The zero-order valence-electron chi connectivity index (χ0n) is 20.5. The molecule has 35 heavy (non-hydrogen) atoms. The van der Waals surface area contributed by atoms with E-state index in [4.69, 9.17) is 4.42 Å². The highest BCUT2D eigenvalue weighted by molar-refractivity contribution is 5.91. The van der Waals surface area contributed by atoms with Gasteiger partial charge in [0.05, 0.1) is 12.2 Å². The number of piperazine rings is 2. The highest BCUT2D eigenvalue weighted by Gasteiger charge is 2.33. The van der Waals surface area contributed by atoms with Gasteiger partial charge in [0.1, 0.15) is 0 Å². The van der Waals surface area contributed by atoms with Gasteiger partial charge in [-0.25, -0.2) is 0 Å². The predicted molar refractivity (Wildman–Crippen MR) is 132 cm³/mol. The Kier molecular flexibility index (Phi) is 7.17. The first-order valence-electron chi connectivity index (χ1n) is 12.8. The number of amides is 2. The molecule has 0 radical (unpaired) electrons. The average molecular weight is 482 g/mol. The standard InChI is InChI=1S/C25H35N7O3/c1-2-28-10-12-29(13-11-28)22-7-8-23(27-26-22)32-9-3-5-20(19-32)24(33)30-14-16-31(17-15-30)25(34)21-6-4-18-35-21/h4,6-8,18,20H,2-3,5,9-17,19H2,1H3. The van der Waals surface area contributed by atoms with Crippen molar-refractivity contribution >= 4 is 23.5 Å². The Morgan fingerprint density at radius 2 is 1.57 bits per heavy atom. The molecule has 10 heteroatoms. The van der Waals surface area contributed by atoms with E-state index in [0.717, 1.165) is 63.7 Å². The molecule has 0 N–H and O–H groups in total. The Morgan fingerprint density at radius 3 is 2.20 bits per heavy atom. The summed E-state index contributed by atoms with van der Waals surface area (Å²) in [7, 11) is 0. The van der Waals surface area contributed by atoms with Gasteiger partial charge in [0.2, 0.25) is 5.91 Å². The zero-order chi connectivity index (χ0) is 24.2. The van der Waals surface area contributed by atoms with Crippen molar-refractivity contribution in [3.05, 3.63) is 36.3 Å². The molecule has 10 nitrogen and oxygen atoms in total. The molecule has 3 saturated heterocycles. The molecule has 0 saturated carbocycles. The van der Waals surface area contributed by atoms with E-state index in [0.29, 0.717) is 38.5 Å². The van der Waals surface area contributed by atoms with Crippen molar-refractivity contribution in [1.82, 2.24) is 24.9 Å². The van der Waals surface area contributed by atoms with Gasteiger partial charge in [-0.05, 0) is 43.7 Å². The van der Waals surface area contributed by atoms with Crippen LogP contribution in [-0.2, 0) is 4.79 Å². The summed E-state index contributed by atoms with van der Waals surface area (Å²) >= 11 is 0. The second-order valence-corrected chi connectivity index (χ2v) is 9.55. The van der Waals surface area contributed by atoms with E-state index in [9.17, 15) is 9.59 Å². The topological polar surface area (TPSA) is 89.3 Å². The average Bonchev–Trinajstić information content (AvgIpc) is 3.48. The SMILES string of the molecule is CCN1CCN(c2ccc(N3CCCC(C(=O)N4CCN(C(=O)c5ccco5)CC4)C3)nn2)CC1. The summed E-state index contributed by atoms with van der Waals surface area (Å²) < 4.78 is 5.23. The van der Waals surface area contributed by atoms with Crippen LogP contribution < -0.4 is 9.80 Å². The molecule has 0 aliphatic carbocycles. The number of hydrogen-bond donors (Lipinski definition) is 0. The van der Waals surface area contributed by atoms with E-state index in [1.165, 1.54) is 6.26 Å². The molecule has 3 aliphatic heterocycles. The van der Waals surface area contributed by atoms with E-state index < -0.39 is 0 Å². The highest BCUT2D eigenvalue weighted by Crippen LogP contribution is 2.25. The zero-order valence-corrected chi connectivity index (χ0v) is 20.5. The summed E-state index contributed by atoms with van der Waals surface area (Å²) in [5, 5.41) is 9.03. The highest BCUT2D eigenvalue weighted by atomic mass is 16.3. The second kappa shape index (κ2) is 10.6. The number of nitrogens with zero attached hydrogens (tertiary/aromatic N) is 7. The second-order valence-electron chi connectivity index (χ2n) is 9.55. The van der Waals surface area contributed by atoms with Crippen molar-refractivity contribution in [3.8, 4) is 0 Å². The molecule has 0 spiro atoms. The van der Waals surface area contributed by atoms with Crippen molar-refractivity contribution in [2.24, 2.45) is 5.92 Å². The van der Waals surface area contributed by atoms with Gasteiger partial charge in [0.15, 0.2) is 17.4 Å². The molecule has 5 rings (SSSR count). The van der Waals surface area contributed by atoms with Gasteiger partial charge in [-0.2, -0.15) is 0 Å². The van der Waals surface area contributed by atoms with Crippen molar-refractivity contribution in [1.29, 1.82) is 0 Å². The molecule has 0 aromatic carbocycles. The van der Waals surface area contributed by atoms with Gasteiger partial charge in [-0.3, -0.25) is 9.59 Å². The fourth-order valence-electron chi connectivity index (χ4n) is 5.28. The monoisotopic (exact) mass is 481 g/mol. The third kappa shape index (κ3) is 5.27. The van der Waals surface area contributed by atoms with Crippen LogP contribution in [0.25, 0.3) is 0 Å². The van der Waals surface area contributed by atoms with Gasteiger partial charge in [0, 0.05) is 65.4 Å². The number of likely N-dealkylation sites (N-methyl/N-ethyl adjacent to an activating group) is 1. The van der Waals surface area contributed by atoms with Crippen molar-refractivity contribution < 1.29 is 14.0 Å². The molecule has 0 bridgehead atoms. The summed E-state index contributed by atoms with van der Waals surface area (Å²) in [6, 6.07) is 7.50. The van der Waals surface area contributed by atoms with Crippen LogP contribution in [0.5, 0.6) is 0 Å². The first kappa shape index (κ1) is 23.6. The number of piperidine rings is 1. The third-order valence-electron chi connectivity index (χ3n) is 7.49. The van der Waals surface area contributed by atoms with E-state index in [1.807, 2.05) is 11.0 Å². The number of carbonyl (C=O) groups excluding carboxylic acids is 2. The first-order valence-corrected chi connectivity index (χ1v) is 12.8. The van der Waals surface area contributed by atoms with Crippen LogP contribution >= 0.6 is 0 Å². The lowest BCUT2D eigenvalue weighted by atomic mass is 9.96. The lowest BCUT2D eigenvalue weighted by Gasteiger charge is -2.39. The van der Waals surface area contributed by atoms with Gasteiger partial charge >= 0.3 is 0 Å². The van der Waals surface area contributed by atoms with E-state index >= 15 is 0 Å². The minimum atomic E-state index is -0.111. The molecule has 3 fully saturated rings. The molecule has 2 aromatic heterocycles. The van der Waals surface area contributed by atoms with Crippen molar-refractivity contribution in [2.45, 2.75) is 19.8 Å². The third-order valence-corrected chi connectivity index (χ3v) is 7.49. The van der Waals surface area contributed by atoms with Crippen LogP contribution in [0.3, 0.4) is 0 Å². The van der Waals surface area contributed by atoms with E-state index in [-0.39, 0.29) is 17.7 Å². The van der Waals surface area contributed by atoms with E-state index in [2.05, 4.69) is 37.9 Å². The van der Waals surface area contributed by atoms with Gasteiger partial charge < -0.3 is 28.9 Å². The largest absolute Gasteiger partial charge is 0.459 e. The van der Waals surface area contributed by atoms with Gasteiger partial charge in [-0.15, -0.1) is 10.2 Å². The summed E-state index contributed by atoms with van der Waals surface area (Å²) in [5.41, 5.74) is 0. The first-order chi connectivity index (χ1) is 17.1. The van der Waals surface area contributed by atoms with E-state index in [1.54, 1.807) is 17.0 Å². The normalized spacial score (nSPS) is 21.9. The van der Waals surface area contributed by atoms with Gasteiger partial charge in [0.25, 0.3) is 5.91 Å². The Labute approximate surface area is 206 Å². The Hall–Kier alpha value is -3.14. The molecule has 188 valence electrons. The van der Waals surface area contributed by atoms with Crippen molar-refractivity contribution in [2.75, 3.05) is 81.8 Å². The maximum atomic E-state index is 13.3. The molecule has 1 unspecified atom stereocenters. The fraction of sp³-hybridized carbons (Fsp3) is 0.600. The molecule has 3 aliphatic rings. The summed E-state index contributed by atoms with van der Waals surface area (Å²) in [4.78, 5) is 36.4. The number of hydrogen-bond acceptors (Lipinski definition) is 8. The quantitative estimate of drug-likeness (QED) is 0.634. The smallest absolute Gasteiger partial charge is 0.289 e. The minimum absolute atomic E-state index is 0.0559. The van der Waals surface area contributed by atoms with Crippen molar-refractivity contribution in [3.63, 3.8) is 0 Å². The Bertz CT molecular complexity index is 981. The van der Waals surface area contributed by atoms with Crippen LogP contribution in [0.2, 0.25) is 0 Å². The fourth-order valence-corrected chi connectivity index (χ4v) is 5.28. The molecule has 2 amide bonds. The maximum Gasteiger partial charge on any atom is 0.289 e. The van der Waals surface area contributed by atoms with Crippen LogP contribution in [0.15, 0.2) is 34.9 Å². The minimum Gasteiger partial charge on any atom is -0.459 e. The molecule has 5 heterocycles. The lowest BCUT2D eigenvalue weighted by Crippen LogP contribution is -2.53. The number of aromatic nitrogens is 2. The van der Waals surface area contributed by atoms with Crippen LogP contribution in [0, 0.1) is 5.92 Å². The predicted octanol–water partition coefficient (Wildman–Crippen LogP) is 1.41. The number of furan rings is 1. The van der Waals surface area contributed by atoms with Crippen LogP contribution in [0.4, 0.5) is 11.6 Å². The maximum absolute atomic E-state index is 13.3. The molecular formula is C25H35N7O3. The summed E-state index contributed by atoms with van der Waals surface area (Å²) in [5.74, 6) is 2.13. The van der Waals surface area contributed by atoms with Crippen LogP contribution in [-0.4, -0.2) is 109 Å². The van der Waals surface area contributed by atoms with Crippen LogP contribution in [0.1, 0.15) is 30.3 Å². The Morgan fingerprint density at radius 1 is 0.886 bits per heavy atom. The number of rotatable bonds is 5. The molecular weight excluding hydrogens is 446 g/mol. The lowest BCUT2D eigenvalue weighted by molar-refractivity contribution is -0.137. The molecule has 1 atom stereocenters. The van der Waals surface area contributed by atoms with Gasteiger partial charge in [-0.1, -0.05) is 6.92 Å². The summed E-state index contributed by atoms with van der Waals surface area (Å²) in [6.07, 6.45) is 3.34. The number of anilines is 2. The number of carbonyl (C=O) groups is 2. The Balaban J connectivity index is 1.14. The summed E-state index contributed by atoms with van der Waals surface area (Å²) in [6.45, 7) is 11.1.